The molecule has 5 nitrogen and oxygen atoms in total. The molecule has 2 aromatic rings. The lowest BCUT2D eigenvalue weighted by atomic mass is 9.95. The van der Waals surface area contributed by atoms with Crippen molar-refractivity contribution in [2.45, 2.75) is 51.0 Å². The Bertz CT molecular complexity index is 754. The third-order valence-corrected chi connectivity index (χ3v) is 5.52. The molecule has 26 heavy (non-hydrogen) atoms. The first kappa shape index (κ1) is 18.9. The number of thiazole rings is 1. The highest BCUT2D eigenvalue weighted by Crippen LogP contribution is 2.19. The summed E-state index contributed by atoms with van der Waals surface area (Å²) < 4.78 is 0. The van der Waals surface area contributed by atoms with Gasteiger partial charge in [-0.05, 0) is 43.5 Å². The summed E-state index contributed by atoms with van der Waals surface area (Å²) in [5.41, 5.74) is 1.35. The smallest absolute Gasteiger partial charge is 0.257 e. The van der Waals surface area contributed by atoms with Gasteiger partial charge in [0.1, 0.15) is 0 Å². The maximum Gasteiger partial charge on any atom is 0.257 e. The van der Waals surface area contributed by atoms with Crippen molar-refractivity contribution in [2.24, 2.45) is 0 Å². The van der Waals surface area contributed by atoms with Crippen LogP contribution in [0.5, 0.6) is 0 Å². The van der Waals surface area contributed by atoms with Crippen LogP contribution in [0.25, 0.3) is 0 Å². The van der Waals surface area contributed by atoms with Gasteiger partial charge in [-0.2, -0.15) is 0 Å². The lowest BCUT2D eigenvalue weighted by Crippen LogP contribution is -2.36. The Morgan fingerprint density at radius 1 is 1.15 bits per heavy atom. The average Bonchev–Trinajstić information content (AvgIpc) is 3.09. The highest BCUT2D eigenvalue weighted by Gasteiger charge is 2.16. The maximum atomic E-state index is 12.2. The summed E-state index contributed by atoms with van der Waals surface area (Å²) in [5.74, 6) is -0.144. The molecule has 2 N–H and O–H groups in total. The minimum Gasteiger partial charge on any atom is -0.353 e. The van der Waals surface area contributed by atoms with E-state index >= 15 is 0 Å². The summed E-state index contributed by atoms with van der Waals surface area (Å²) in [5, 5.41) is 8.89. The third kappa shape index (κ3) is 5.54. The van der Waals surface area contributed by atoms with Gasteiger partial charge in [-0.3, -0.25) is 14.9 Å². The number of rotatable bonds is 6. The fourth-order valence-corrected chi connectivity index (χ4v) is 3.90. The zero-order valence-corrected chi connectivity index (χ0v) is 16.0. The van der Waals surface area contributed by atoms with E-state index in [1.165, 1.54) is 30.6 Å². The molecular formula is C19H22ClN3O2S. The summed E-state index contributed by atoms with van der Waals surface area (Å²) >= 11 is 7.19. The normalized spacial score (nSPS) is 14.8. The van der Waals surface area contributed by atoms with Gasteiger partial charge in [0, 0.05) is 28.4 Å². The van der Waals surface area contributed by atoms with Gasteiger partial charge in [0.2, 0.25) is 5.91 Å². The van der Waals surface area contributed by atoms with E-state index < -0.39 is 0 Å². The van der Waals surface area contributed by atoms with Crippen LogP contribution in [0, 0.1) is 0 Å². The fraction of sp³-hybridized carbons (Fsp3) is 0.421. The van der Waals surface area contributed by atoms with Crippen molar-refractivity contribution in [1.82, 2.24) is 10.3 Å². The average molecular weight is 392 g/mol. The van der Waals surface area contributed by atoms with Crippen LogP contribution >= 0.6 is 22.9 Å². The number of hydrogen-bond donors (Lipinski definition) is 2. The molecular weight excluding hydrogens is 370 g/mol. The predicted molar refractivity (Wildman–Crippen MR) is 105 cm³/mol. The molecule has 0 saturated heterocycles. The molecule has 0 unspecified atom stereocenters. The number of benzene rings is 1. The van der Waals surface area contributed by atoms with Crippen molar-refractivity contribution < 1.29 is 9.59 Å². The summed E-state index contributed by atoms with van der Waals surface area (Å²) in [6.45, 7) is 0. The largest absolute Gasteiger partial charge is 0.353 e. The molecule has 138 valence electrons. The van der Waals surface area contributed by atoms with Crippen LogP contribution < -0.4 is 10.6 Å². The van der Waals surface area contributed by atoms with Crippen LogP contribution in [0.3, 0.4) is 0 Å². The van der Waals surface area contributed by atoms with Crippen LogP contribution in [0.1, 0.15) is 54.6 Å². The predicted octanol–water partition coefficient (Wildman–Crippen LogP) is 4.43. The Hall–Kier alpha value is -1.92. The maximum absolute atomic E-state index is 12.2. The molecule has 1 saturated carbocycles. The topological polar surface area (TPSA) is 71.1 Å². The fourth-order valence-electron chi connectivity index (χ4n) is 3.04. The summed E-state index contributed by atoms with van der Waals surface area (Å²) in [6.07, 6.45) is 6.85. The summed E-state index contributed by atoms with van der Waals surface area (Å²) in [6, 6.07) is 7.02. The van der Waals surface area contributed by atoms with E-state index in [9.17, 15) is 9.59 Å². The van der Waals surface area contributed by atoms with Gasteiger partial charge >= 0.3 is 0 Å². The highest BCUT2D eigenvalue weighted by molar-refractivity contribution is 7.14. The van der Waals surface area contributed by atoms with Gasteiger partial charge < -0.3 is 5.32 Å². The Morgan fingerprint density at radius 2 is 1.88 bits per heavy atom. The van der Waals surface area contributed by atoms with Crippen molar-refractivity contribution in [3.8, 4) is 0 Å². The molecule has 0 aliphatic heterocycles. The molecule has 1 aromatic heterocycles. The van der Waals surface area contributed by atoms with E-state index in [2.05, 4.69) is 15.6 Å². The van der Waals surface area contributed by atoms with Crippen LogP contribution in [0.2, 0.25) is 5.02 Å². The van der Waals surface area contributed by atoms with Gasteiger partial charge in [0.25, 0.3) is 5.91 Å². The van der Waals surface area contributed by atoms with Crippen LogP contribution in [0.4, 0.5) is 5.13 Å². The minimum absolute atomic E-state index is 0.0802. The van der Waals surface area contributed by atoms with E-state index in [1.54, 1.807) is 24.3 Å². The number of nitrogens with one attached hydrogen (secondary N) is 2. The first-order valence-electron chi connectivity index (χ1n) is 8.91. The molecule has 0 bridgehead atoms. The summed E-state index contributed by atoms with van der Waals surface area (Å²) in [4.78, 5) is 28.6. The van der Waals surface area contributed by atoms with Crippen LogP contribution in [-0.2, 0) is 11.2 Å². The first-order valence-corrected chi connectivity index (χ1v) is 10.2. The number of halogens is 1. The Morgan fingerprint density at radius 3 is 2.62 bits per heavy atom. The van der Waals surface area contributed by atoms with Gasteiger partial charge in [-0.15, -0.1) is 11.3 Å². The van der Waals surface area contributed by atoms with E-state index in [0.717, 1.165) is 18.5 Å². The molecule has 1 aliphatic rings. The standard InChI is InChI=1S/C19H22ClN3O2S/c20-14-8-6-13(7-9-14)18(25)23-19-22-16(12-26-19)10-11-17(24)21-15-4-2-1-3-5-15/h6-9,12,15H,1-5,10-11H2,(H,21,24)(H,22,23,25). The van der Waals surface area contributed by atoms with Gasteiger partial charge in [0.05, 0.1) is 5.69 Å². The molecule has 3 rings (SSSR count). The van der Waals surface area contributed by atoms with Crippen molar-refractivity contribution in [2.75, 3.05) is 5.32 Å². The van der Waals surface area contributed by atoms with Gasteiger partial charge in [0.15, 0.2) is 5.13 Å². The quantitative estimate of drug-likeness (QED) is 0.765. The zero-order valence-electron chi connectivity index (χ0n) is 14.5. The Balaban J connectivity index is 1.46. The summed E-state index contributed by atoms with van der Waals surface area (Å²) in [7, 11) is 0. The SMILES string of the molecule is O=C(CCc1csc(NC(=O)c2ccc(Cl)cc2)n1)NC1CCCCC1. The molecule has 0 radical (unpaired) electrons. The Kier molecular flexibility index (Phi) is 6.63. The number of carbonyl (C=O) groups is 2. The first-order chi connectivity index (χ1) is 12.6. The second-order valence-electron chi connectivity index (χ2n) is 6.51. The number of anilines is 1. The second-order valence-corrected chi connectivity index (χ2v) is 7.80. The molecule has 1 aliphatic carbocycles. The number of aryl methyl sites for hydroxylation is 1. The van der Waals surface area contributed by atoms with Crippen molar-refractivity contribution in [3.63, 3.8) is 0 Å². The minimum atomic E-state index is -0.224. The number of amides is 2. The molecule has 0 atom stereocenters. The van der Waals surface area contributed by atoms with Crippen LogP contribution in [-0.4, -0.2) is 22.8 Å². The molecule has 1 fully saturated rings. The molecule has 1 heterocycles. The van der Waals surface area contributed by atoms with Gasteiger partial charge in [-0.25, -0.2) is 4.98 Å². The van der Waals surface area contributed by atoms with Crippen LogP contribution in [0.15, 0.2) is 29.6 Å². The van der Waals surface area contributed by atoms with Crippen molar-refractivity contribution in [1.29, 1.82) is 0 Å². The molecule has 2 amide bonds. The number of hydrogen-bond acceptors (Lipinski definition) is 4. The number of carbonyl (C=O) groups excluding carboxylic acids is 2. The van der Waals surface area contributed by atoms with E-state index in [4.69, 9.17) is 11.6 Å². The highest BCUT2D eigenvalue weighted by atomic mass is 35.5. The van der Waals surface area contributed by atoms with Gasteiger partial charge in [-0.1, -0.05) is 30.9 Å². The molecule has 7 heteroatoms. The monoisotopic (exact) mass is 391 g/mol. The molecule has 1 aromatic carbocycles. The van der Waals surface area contributed by atoms with E-state index in [-0.39, 0.29) is 11.8 Å². The van der Waals surface area contributed by atoms with Crippen molar-refractivity contribution >= 4 is 39.9 Å². The lowest BCUT2D eigenvalue weighted by molar-refractivity contribution is -0.122. The Labute approximate surface area is 162 Å². The third-order valence-electron chi connectivity index (χ3n) is 4.46. The van der Waals surface area contributed by atoms with E-state index in [0.29, 0.717) is 34.6 Å². The second kappa shape index (κ2) is 9.14. The van der Waals surface area contributed by atoms with Crippen molar-refractivity contribution in [3.05, 3.63) is 45.9 Å². The number of nitrogens with zero attached hydrogens (tertiary/aromatic N) is 1. The van der Waals surface area contributed by atoms with E-state index in [1.807, 2.05) is 5.38 Å². The number of aromatic nitrogens is 1. The lowest BCUT2D eigenvalue weighted by Gasteiger charge is -2.22. The molecule has 0 spiro atoms. The zero-order chi connectivity index (χ0) is 18.4.